The van der Waals surface area contributed by atoms with Gasteiger partial charge in [-0.1, -0.05) is 25.4 Å². The molecule has 1 rings (SSSR count). The lowest BCUT2D eigenvalue weighted by atomic mass is 10.1. The summed E-state index contributed by atoms with van der Waals surface area (Å²) in [4.78, 5) is 23.2. The summed E-state index contributed by atoms with van der Waals surface area (Å²) in [5, 5.41) is 2.65. The van der Waals surface area contributed by atoms with E-state index in [0.717, 1.165) is 12.1 Å². The molecule has 0 radical (unpaired) electrons. The Morgan fingerprint density at radius 2 is 2.00 bits per heavy atom. The lowest BCUT2D eigenvalue weighted by Gasteiger charge is -2.17. The second-order valence-electron chi connectivity index (χ2n) is 4.80. The van der Waals surface area contributed by atoms with Crippen LogP contribution in [0.2, 0.25) is 5.02 Å². The molecule has 20 heavy (non-hydrogen) atoms. The summed E-state index contributed by atoms with van der Waals surface area (Å²) in [7, 11) is 0. The number of benzene rings is 1. The summed E-state index contributed by atoms with van der Waals surface area (Å²) >= 11 is 5.72. The average Bonchev–Trinajstić information content (AvgIpc) is 2.35. The first kappa shape index (κ1) is 16.4. The number of rotatable bonds is 5. The quantitative estimate of drug-likeness (QED) is 0.851. The van der Waals surface area contributed by atoms with Crippen LogP contribution < -0.4 is 5.32 Å². The van der Waals surface area contributed by atoms with Crippen LogP contribution in [0.5, 0.6) is 0 Å². The molecule has 1 N–H and O–H groups in total. The van der Waals surface area contributed by atoms with Crippen molar-refractivity contribution in [3.05, 3.63) is 34.6 Å². The highest BCUT2D eigenvalue weighted by molar-refractivity contribution is 6.33. The minimum absolute atomic E-state index is 0.0180. The predicted molar refractivity (Wildman–Crippen MR) is 74.1 cm³/mol. The normalized spacial score (nSPS) is 12.1. The Labute approximate surface area is 122 Å². The Kier molecular flexibility index (Phi) is 5.95. The van der Waals surface area contributed by atoms with Gasteiger partial charge in [-0.05, 0) is 31.0 Å². The summed E-state index contributed by atoms with van der Waals surface area (Å²) in [6, 6.07) is 3.31. The summed E-state index contributed by atoms with van der Waals surface area (Å²) in [5.41, 5.74) is 0.0257. The molecule has 0 bridgehead atoms. The number of ether oxygens (including phenoxy) is 1. The van der Waals surface area contributed by atoms with Crippen LogP contribution in [0.25, 0.3) is 0 Å². The van der Waals surface area contributed by atoms with Crippen LogP contribution in [0, 0.1) is 11.7 Å². The SMILES string of the molecule is CC(C)[C@@H](C)NC(=O)COC(=O)c1ccc(F)cc1Cl. The van der Waals surface area contributed by atoms with Gasteiger partial charge in [-0.3, -0.25) is 4.79 Å². The lowest BCUT2D eigenvalue weighted by molar-refractivity contribution is -0.125. The van der Waals surface area contributed by atoms with Gasteiger partial charge in [-0.25, -0.2) is 9.18 Å². The molecular weight excluding hydrogens is 285 g/mol. The van der Waals surface area contributed by atoms with Crippen molar-refractivity contribution in [3.8, 4) is 0 Å². The Morgan fingerprint density at radius 3 is 2.55 bits per heavy atom. The molecule has 1 amide bonds. The zero-order valence-electron chi connectivity index (χ0n) is 11.6. The molecule has 1 aromatic rings. The fourth-order valence-electron chi connectivity index (χ4n) is 1.33. The second kappa shape index (κ2) is 7.24. The average molecular weight is 302 g/mol. The Hall–Kier alpha value is -1.62. The summed E-state index contributed by atoms with van der Waals surface area (Å²) in [6.07, 6.45) is 0. The van der Waals surface area contributed by atoms with Gasteiger partial charge < -0.3 is 10.1 Å². The van der Waals surface area contributed by atoms with Crippen molar-refractivity contribution in [2.24, 2.45) is 5.92 Å². The van der Waals surface area contributed by atoms with Crippen molar-refractivity contribution in [3.63, 3.8) is 0 Å². The molecule has 0 aromatic heterocycles. The van der Waals surface area contributed by atoms with Gasteiger partial charge in [-0.15, -0.1) is 0 Å². The van der Waals surface area contributed by atoms with Gasteiger partial charge in [0.05, 0.1) is 10.6 Å². The van der Waals surface area contributed by atoms with E-state index in [1.807, 2.05) is 20.8 Å². The van der Waals surface area contributed by atoms with Crippen molar-refractivity contribution in [1.82, 2.24) is 5.32 Å². The third-order valence-corrected chi connectivity index (χ3v) is 3.19. The number of hydrogen-bond donors (Lipinski definition) is 1. The Morgan fingerprint density at radius 1 is 1.35 bits per heavy atom. The van der Waals surface area contributed by atoms with E-state index in [-0.39, 0.29) is 22.5 Å². The van der Waals surface area contributed by atoms with Crippen LogP contribution in [0.15, 0.2) is 18.2 Å². The van der Waals surface area contributed by atoms with E-state index < -0.39 is 24.3 Å². The van der Waals surface area contributed by atoms with E-state index >= 15 is 0 Å². The van der Waals surface area contributed by atoms with Gasteiger partial charge in [0, 0.05) is 6.04 Å². The maximum absolute atomic E-state index is 12.8. The van der Waals surface area contributed by atoms with Crippen LogP contribution in [-0.4, -0.2) is 24.5 Å². The highest BCUT2D eigenvalue weighted by Gasteiger charge is 2.16. The minimum atomic E-state index is -0.762. The smallest absolute Gasteiger partial charge is 0.340 e. The molecule has 4 nitrogen and oxygen atoms in total. The molecule has 0 heterocycles. The number of amides is 1. The van der Waals surface area contributed by atoms with Gasteiger partial charge in [0.15, 0.2) is 6.61 Å². The van der Waals surface area contributed by atoms with Crippen LogP contribution in [0.4, 0.5) is 4.39 Å². The van der Waals surface area contributed by atoms with E-state index in [9.17, 15) is 14.0 Å². The van der Waals surface area contributed by atoms with E-state index in [1.54, 1.807) is 0 Å². The van der Waals surface area contributed by atoms with E-state index in [0.29, 0.717) is 0 Å². The summed E-state index contributed by atoms with van der Waals surface area (Å²) < 4.78 is 17.7. The first-order valence-corrected chi connectivity index (χ1v) is 6.60. The van der Waals surface area contributed by atoms with Crippen molar-refractivity contribution in [1.29, 1.82) is 0 Å². The van der Waals surface area contributed by atoms with E-state index in [4.69, 9.17) is 16.3 Å². The Balaban J connectivity index is 2.53. The maximum Gasteiger partial charge on any atom is 0.340 e. The molecule has 110 valence electrons. The molecule has 0 fully saturated rings. The molecule has 0 saturated heterocycles. The van der Waals surface area contributed by atoms with Gasteiger partial charge >= 0.3 is 5.97 Å². The molecule has 0 saturated carbocycles. The van der Waals surface area contributed by atoms with Crippen molar-refractivity contribution >= 4 is 23.5 Å². The third kappa shape index (κ3) is 4.81. The highest BCUT2D eigenvalue weighted by atomic mass is 35.5. The van der Waals surface area contributed by atoms with Crippen molar-refractivity contribution in [2.45, 2.75) is 26.8 Å². The summed E-state index contributed by atoms with van der Waals surface area (Å²) in [5.74, 6) is -1.42. The molecule has 6 heteroatoms. The maximum atomic E-state index is 12.8. The zero-order chi connectivity index (χ0) is 15.3. The van der Waals surface area contributed by atoms with Crippen LogP contribution in [0.3, 0.4) is 0 Å². The molecule has 1 atom stereocenters. The molecule has 0 spiro atoms. The largest absolute Gasteiger partial charge is 0.452 e. The summed E-state index contributed by atoms with van der Waals surface area (Å²) in [6.45, 7) is 5.40. The number of esters is 1. The number of carbonyl (C=O) groups excluding carboxylic acids is 2. The number of hydrogen-bond acceptors (Lipinski definition) is 3. The van der Waals surface area contributed by atoms with Crippen LogP contribution in [0.1, 0.15) is 31.1 Å². The monoisotopic (exact) mass is 301 g/mol. The molecular formula is C14H17ClFNO3. The first-order chi connectivity index (χ1) is 9.31. The van der Waals surface area contributed by atoms with Crippen LogP contribution in [-0.2, 0) is 9.53 Å². The predicted octanol–water partition coefficient (Wildman–Crippen LogP) is 2.80. The lowest BCUT2D eigenvalue weighted by Crippen LogP contribution is -2.38. The van der Waals surface area contributed by atoms with Gasteiger partial charge in [0.2, 0.25) is 0 Å². The third-order valence-electron chi connectivity index (χ3n) is 2.87. The van der Waals surface area contributed by atoms with Crippen molar-refractivity contribution in [2.75, 3.05) is 6.61 Å². The second-order valence-corrected chi connectivity index (χ2v) is 5.21. The minimum Gasteiger partial charge on any atom is -0.452 e. The van der Waals surface area contributed by atoms with E-state index in [2.05, 4.69) is 5.32 Å². The zero-order valence-corrected chi connectivity index (χ0v) is 12.3. The Bertz CT molecular complexity index is 505. The number of carbonyl (C=O) groups is 2. The number of halogens is 2. The standard InChI is InChI=1S/C14H17ClFNO3/c1-8(2)9(3)17-13(18)7-20-14(19)11-5-4-10(16)6-12(11)15/h4-6,8-9H,7H2,1-3H3,(H,17,18)/t9-/m1/s1. The fraction of sp³-hybridized carbons (Fsp3) is 0.429. The molecule has 1 aromatic carbocycles. The van der Waals surface area contributed by atoms with Crippen LogP contribution >= 0.6 is 11.6 Å². The fourth-order valence-corrected chi connectivity index (χ4v) is 1.57. The topological polar surface area (TPSA) is 55.4 Å². The van der Waals surface area contributed by atoms with E-state index in [1.165, 1.54) is 6.07 Å². The van der Waals surface area contributed by atoms with Gasteiger partial charge in [-0.2, -0.15) is 0 Å². The molecule has 0 aliphatic carbocycles. The molecule has 0 aliphatic heterocycles. The van der Waals surface area contributed by atoms with Crippen molar-refractivity contribution < 1.29 is 18.7 Å². The van der Waals surface area contributed by atoms with Gasteiger partial charge in [0.25, 0.3) is 5.91 Å². The van der Waals surface area contributed by atoms with Gasteiger partial charge in [0.1, 0.15) is 5.82 Å². The highest BCUT2D eigenvalue weighted by Crippen LogP contribution is 2.18. The molecule has 0 unspecified atom stereocenters. The first-order valence-electron chi connectivity index (χ1n) is 6.22. The number of nitrogens with one attached hydrogen (secondary N) is 1. The molecule has 0 aliphatic rings.